The number of fused-ring (bicyclic) bond motifs is 1. The second kappa shape index (κ2) is 7.38. The first-order valence-electron chi connectivity index (χ1n) is 8.70. The molecule has 3 aromatic rings. The molecule has 5 heteroatoms. The number of nitrogen functional groups attached to an aromatic ring is 1. The van der Waals surface area contributed by atoms with E-state index in [1.54, 1.807) is 4.57 Å². The molecule has 1 amide bonds. The van der Waals surface area contributed by atoms with Gasteiger partial charge in [-0.25, -0.2) is 4.98 Å². The van der Waals surface area contributed by atoms with Crippen molar-refractivity contribution in [3.8, 4) is 0 Å². The van der Waals surface area contributed by atoms with Crippen LogP contribution in [0.2, 0.25) is 0 Å². The second-order valence-electron chi connectivity index (χ2n) is 6.34. The number of rotatable bonds is 6. The van der Waals surface area contributed by atoms with Gasteiger partial charge in [-0.3, -0.25) is 4.79 Å². The lowest BCUT2D eigenvalue weighted by atomic mass is 10.1. The molecular formula is C20H24N4O. The maximum atomic E-state index is 12.5. The SMILES string of the molecule is CCCCCc1ccc(C(=O)Nc2ccc3nc(N)n(C)c3c2)cc1. The average molecular weight is 336 g/mol. The minimum absolute atomic E-state index is 0.116. The molecule has 5 nitrogen and oxygen atoms in total. The first kappa shape index (κ1) is 17.0. The number of anilines is 2. The molecule has 3 N–H and O–H groups in total. The van der Waals surface area contributed by atoms with Crippen LogP contribution in [0.25, 0.3) is 11.0 Å². The molecule has 3 rings (SSSR count). The Kier molecular flexibility index (Phi) is 5.03. The van der Waals surface area contributed by atoms with E-state index in [1.165, 1.54) is 24.8 Å². The number of amides is 1. The van der Waals surface area contributed by atoms with Crippen molar-refractivity contribution < 1.29 is 4.79 Å². The smallest absolute Gasteiger partial charge is 0.255 e. The van der Waals surface area contributed by atoms with Crippen molar-refractivity contribution in [3.63, 3.8) is 0 Å². The largest absolute Gasteiger partial charge is 0.369 e. The standard InChI is InChI=1S/C20H24N4O/c1-3-4-5-6-14-7-9-15(10-8-14)19(25)22-16-11-12-17-18(13-16)24(2)20(21)23-17/h7-13H,3-6H2,1-2H3,(H2,21,23)(H,22,25). The molecular weight excluding hydrogens is 312 g/mol. The summed E-state index contributed by atoms with van der Waals surface area (Å²) in [6.45, 7) is 2.20. The number of hydrogen-bond donors (Lipinski definition) is 2. The fraction of sp³-hybridized carbons (Fsp3) is 0.300. The maximum absolute atomic E-state index is 12.5. The van der Waals surface area contributed by atoms with Crippen LogP contribution in [0, 0.1) is 0 Å². The van der Waals surface area contributed by atoms with Crippen LogP contribution in [0.3, 0.4) is 0 Å². The maximum Gasteiger partial charge on any atom is 0.255 e. The molecule has 0 fully saturated rings. The predicted octanol–water partition coefficient (Wildman–Crippen LogP) is 4.14. The minimum atomic E-state index is -0.116. The monoisotopic (exact) mass is 336 g/mol. The molecule has 0 aliphatic rings. The number of nitrogens with one attached hydrogen (secondary N) is 1. The Morgan fingerprint density at radius 2 is 1.92 bits per heavy atom. The van der Waals surface area contributed by atoms with Crippen molar-refractivity contribution in [2.45, 2.75) is 32.6 Å². The van der Waals surface area contributed by atoms with E-state index in [9.17, 15) is 4.79 Å². The zero-order chi connectivity index (χ0) is 17.8. The Balaban J connectivity index is 1.70. The second-order valence-corrected chi connectivity index (χ2v) is 6.34. The fourth-order valence-electron chi connectivity index (χ4n) is 2.89. The molecule has 2 aromatic carbocycles. The van der Waals surface area contributed by atoms with Gasteiger partial charge in [-0.1, -0.05) is 31.9 Å². The summed E-state index contributed by atoms with van der Waals surface area (Å²) in [5, 5.41) is 2.94. The van der Waals surface area contributed by atoms with E-state index in [0.29, 0.717) is 11.5 Å². The van der Waals surface area contributed by atoms with Crippen molar-refractivity contribution in [3.05, 3.63) is 53.6 Å². The van der Waals surface area contributed by atoms with E-state index < -0.39 is 0 Å². The number of aromatic nitrogens is 2. The minimum Gasteiger partial charge on any atom is -0.369 e. The van der Waals surface area contributed by atoms with Crippen LogP contribution >= 0.6 is 0 Å². The Morgan fingerprint density at radius 1 is 1.16 bits per heavy atom. The van der Waals surface area contributed by atoms with Crippen molar-refractivity contribution in [2.75, 3.05) is 11.1 Å². The van der Waals surface area contributed by atoms with Gasteiger partial charge in [0.2, 0.25) is 5.95 Å². The molecule has 0 aliphatic heterocycles. The highest BCUT2D eigenvalue weighted by atomic mass is 16.1. The van der Waals surface area contributed by atoms with Gasteiger partial charge in [0.15, 0.2) is 0 Å². The normalized spacial score (nSPS) is 11.0. The van der Waals surface area contributed by atoms with E-state index >= 15 is 0 Å². The van der Waals surface area contributed by atoms with Gasteiger partial charge in [-0.05, 0) is 48.7 Å². The Morgan fingerprint density at radius 3 is 2.64 bits per heavy atom. The van der Waals surface area contributed by atoms with E-state index in [4.69, 9.17) is 5.73 Å². The van der Waals surface area contributed by atoms with Gasteiger partial charge in [-0.15, -0.1) is 0 Å². The molecule has 0 saturated heterocycles. The van der Waals surface area contributed by atoms with Crippen molar-refractivity contribution in [1.29, 1.82) is 0 Å². The number of benzene rings is 2. The first-order chi connectivity index (χ1) is 12.1. The van der Waals surface area contributed by atoms with Crippen LogP contribution in [-0.4, -0.2) is 15.5 Å². The van der Waals surface area contributed by atoms with Crippen LogP contribution < -0.4 is 11.1 Å². The third kappa shape index (κ3) is 3.82. The molecule has 25 heavy (non-hydrogen) atoms. The summed E-state index contributed by atoms with van der Waals surface area (Å²) in [4.78, 5) is 16.7. The van der Waals surface area contributed by atoms with Gasteiger partial charge in [-0.2, -0.15) is 0 Å². The third-order valence-electron chi connectivity index (χ3n) is 4.46. The number of carbonyl (C=O) groups excluding carboxylic acids is 1. The highest BCUT2D eigenvalue weighted by molar-refractivity contribution is 6.05. The molecule has 130 valence electrons. The van der Waals surface area contributed by atoms with E-state index in [1.807, 2.05) is 49.5 Å². The summed E-state index contributed by atoms with van der Waals surface area (Å²) in [7, 11) is 1.85. The summed E-state index contributed by atoms with van der Waals surface area (Å²) in [6.07, 6.45) is 4.71. The zero-order valence-electron chi connectivity index (χ0n) is 14.7. The third-order valence-corrected chi connectivity index (χ3v) is 4.46. The molecule has 0 unspecified atom stereocenters. The van der Waals surface area contributed by atoms with Gasteiger partial charge in [0.1, 0.15) is 0 Å². The lowest BCUT2D eigenvalue weighted by molar-refractivity contribution is 0.102. The van der Waals surface area contributed by atoms with Crippen molar-refractivity contribution in [2.24, 2.45) is 7.05 Å². The number of unbranched alkanes of at least 4 members (excludes halogenated alkanes) is 2. The number of nitrogens with zero attached hydrogens (tertiary/aromatic N) is 2. The summed E-state index contributed by atoms with van der Waals surface area (Å²) in [5.41, 5.74) is 10.2. The summed E-state index contributed by atoms with van der Waals surface area (Å²) in [6, 6.07) is 13.4. The van der Waals surface area contributed by atoms with E-state index in [0.717, 1.165) is 23.1 Å². The van der Waals surface area contributed by atoms with Gasteiger partial charge >= 0.3 is 0 Å². The first-order valence-corrected chi connectivity index (χ1v) is 8.70. The number of nitrogens with two attached hydrogens (primary N) is 1. The van der Waals surface area contributed by atoms with Gasteiger partial charge < -0.3 is 15.6 Å². The Bertz CT molecular complexity index is 881. The quantitative estimate of drug-likeness (QED) is 0.664. The summed E-state index contributed by atoms with van der Waals surface area (Å²) >= 11 is 0. The molecule has 0 radical (unpaired) electrons. The predicted molar refractivity (Wildman–Crippen MR) is 103 cm³/mol. The number of carbonyl (C=O) groups is 1. The highest BCUT2D eigenvalue weighted by Crippen LogP contribution is 2.21. The van der Waals surface area contributed by atoms with Crippen LogP contribution in [0.4, 0.5) is 11.6 Å². The lowest BCUT2D eigenvalue weighted by Crippen LogP contribution is -2.11. The topological polar surface area (TPSA) is 72.9 Å². The van der Waals surface area contributed by atoms with Gasteiger partial charge in [0.05, 0.1) is 11.0 Å². The summed E-state index contributed by atoms with van der Waals surface area (Å²) in [5.74, 6) is 0.340. The zero-order valence-corrected chi connectivity index (χ0v) is 14.7. The number of hydrogen-bond acceptors (Lipinski definition) is 3. The number of aryl methyl sites for hydroxylation is 2. The van der Waals surface area contributed by atoms with Crippen LogP contribution in [0.15, 0.2) is 42.5 Å². The highest BCUT2D eigenvalue weighted by Gasteiger charge is 2.09. The molecule has 0 bridgehead atoms. The molecule has 0 spiro atoms. The Labute approximate surface area is 147 Å². The van der Waals surface area contributed by atoms with Crippen molar-refractivity contribution >= 4 is 28.6 Å². The molecule has 1 heterocycles. The fourth-order valence-corrected chi connectivity index (χ4v) is 2.89. The number of imidazole rings is 1. The Hall–Kier alpha value is -2.82. The molecule has 0 saturated carbocycles. The van der Waals surface area contributed by atoms with E-state index in [2.05, 4.69) is 17.2 Å². The van der Waals surface area contributed by atoms with Gasteiger partial charge in [0.25, 0.3) is 5.91 Å². The van der Waals surface area contributed by atoms with Crippen LogP contribution in [0.1, 0.15) is 42.1 Å². The van der Waals surface area contributed by atoms with Gasteiger partial charge in [0, 0.05) is 18.3 Å². The average Bonchev–Trinajstić information content (AvgIpc) is 2.90. The lowest BCUT2D eigenvalue weighted by Gasteiger charge is -2.07. The molecule has 1 aromatic heterocycles. The summed E-state index contributed by atoms with van der Waals surface area (Å²) < 4.78 is 1.80. The van der Waals surface area contributed by atoms with Crippen molar-refractivity contribution in [1.82, 2.24) is 9.55 Å². The van der Waals surface area contributed by atoms with Crippen LogP contribution in [0.5, 0.6) is 0 Å². The molecule has 0 atom stereocenters. The van der Waals surface area contributed by atoms with E-state index in [-0.39, 0.29) is 5.91 Å². The molecule has 0 aliphatic carbocycles. The van der Waals surface area contributed by atoms with Crippen LogP contribution in [-0.2, 0) is 13.5 Å².